The van der Waals surface area contributed by atoms with Crippen molar-refractivity contribution in [3.63, 3.8) is 0 Å². The Morgan fingerprint density at radius 1 is 1.10 bits per heavy atom. The summed E-state index contributed by atoms with van der Waals surface area (Å²) in [6.07, 6.45) is 2.85. The van der Waals surface area contributed by atoms with Crippen molar-refractivity contribution in [3.8, 4) is 5.75 Å². The van der Waals surface area contributed by atoms with E-state index in [-0.39, 0.29) is 18.0 Å². The fourth-order valence-corrected chi connectivity index (χ4v) is 3.34. The number of ether oxygens (including phenoxy) is 1. The van der Waals surface area contributed by atoms with E-state index < -0.39 is 11.5 Å². The van der Waals surface area contributed by atoms with Gasteiger partial charge in [0.25, 0.3) is 11.5 Å². The van der Waals surface area contributed by atoms with E-state index in [9.17, 15) is 14.4 Å². The predicted octanol–water partition coefficient (Wildman–Crippen LogP) is 1.19. The van der Waals surface area contributed by atoms with Crippen LogP contribution in [0.2, 0.25) is 0 Å². The van der Waals surface area contributed by atoms with Crippen molar-refractivity contribution in [2.75, 3.05) is 26.7 Å². The Balaban J connectivity index is 1.46. The van der Waals surface area contributed by atoms with Gasteiger partial charge >= 0.3 is 0 Å². The predicted molar refractivity (Wildman–Crippen MR) is 106 cm³/mol. The molecule has 8 heteroatoms. The molecule has 0 spiro atoms. The molecule has 0 saturated carbocycles. The zero-order valence-corrected chi connectivity index (χ0v) is 15.9. The summed E-state index contributed by atoms with van der Waals surface area (Å²) in [5, 5.41) is 0. The monoisotopic (exact) mass is 392 g/mol. The van der Waals surface area contributed by atoms with E-state index in [1.165, 1.54) is 15.5 Å². The highest BCUT2D eigenvalue weighted by molar-refractivity contribution is 5.96. The van der Waals surface area contributed by atoms with Crippen molar-refractivity contribution in [1.29, 1.82) is 0 Å². The number of piperazine rings is 1. The van der Waals surface area contributed by atoms with Crippen LogP contribution in [0.15, 0.2) is 59.7 Å². The Hall–Kier alpha value is -3.68. The van der Waals surface area contributed by atoms with Gasteiger partial charge in [0.2, 0.25) is 5.91 Å². The van der Waals surface area contributed by atoms with Gasteiger partial charge in [-0.15, -0.1) is 0 Å². The van der Waals surface area contributed by atoms with Crippen molar-refractivity contribution >= 4 is 17.5 Å². The summed E-state index contributed by atoms with van der Waals surface area (Å²) in [6.45, 7) is 1.16. The van der Waals surface area contributed by atoms with Gasteiger partial charge in [0.1, 0.15) is 23.5 Å². The van der Waals surface area contributed by atoms with Crippen LogP contribution in [0.3, 0.4) is 0 Å². The number of hydrogen-bond acceptors (Lipinski definition) is 5. The third-order valence-corrected chi connectivity index (χ3v) is 4.98. The third-order valence-electron chi connectivity index (χ3n) is 4.98. The van der Waals surface area contributed by atoms with Gasteiger partial charge in [-0.25, -0.2) is 4.98 Å². The molecule has 29 heavy (non-hydrogen) atoms. The van der Waals surface area contributed by atoms with Crippen LogP contribution >= 0.6 is 0 Å². The molecule has 1 saturated heterocycles. The van der Waals surface area contributed by atoms with E-state index in [4.69, 9.17) is 4.74 Å². The lowest BCUT2D eigenvalue weighted by molar-refractivity contribution is -0.135. The van der Waals surface area contributed by atoms with Crippen LogP contribution in [-0.4, -0.2) is 57.7 Å². The van der Waals surface area contributed by atoms with E-state index in [0.29, 0.717) is 25.3 Å². The summed E-state index contributed by atoms with van der Waals surface area (Å²) >= 11 is 0. The largest absolute Gasteiger partial charge is 0.497 e. The molecule has 4 rings (SSSR count). The molecule has 0 aliphatic carbocycles. The fourth-order valence-electron chi connectivity index (χ4n) is 3.34. The molecule has 1 aliphatic rings. The second kappa shape index (κ2) is 7.75. The highest BCUT2D eigenvalue weighted by atomic mass is 16.5. The van der Waals surface area contributed by atoms with Gasteiger partial charge in [-0.05, 0) is 29.8 Å². The quantitative estimate of drug-likeness (QED) is 0.666. The number of hydrogen-bond donors (Lipinski definition) is 0. The van der Waals surface area contributed by atoms with Gasteiger partial charge in [-0.3, -0.25) is 18.8 Å². The van der Waals surface area contributed by atoms with Crippen LogP contribution in [0.25, 0.3) is 5.65 Å². The smallest absolute Gasteiger partial charge is 0.270 e. The van der Waals surface area contributed by atoms with Crippen molar-refractivity contribution in [1.82, 2.24) is 19.2 Å². The molecule has 1 aromatic carbocycles. The zero-order chi connectivity index (χ0) is 20.4. The summed E-state index contributed by atoms with van der Waals surface area (Å²) in [5.41, 5.74) is 0.976. The van der Waals surface area contributed by atoms with Crippen molar-refractivity contribution in [2.24, 2.45) is 0 Å². The first-order valence-electron chi connectivity index (χ1n) is 9.23. The topological polar surface area (TPSA) is 84.2 Å². The number of methoxy groups -OCH3 is 1. The first-order valence-corrected chi connectivity index (χ1v) is 9.23. The summed E-state index contributed by atoms with van der Waals surface area (Å²) < 4.78 is 6.47. The van der Waals surface area contributed by atoms with Gasteiger partial charge in [-0.2, -0.15) is 0 Å². The Morgan fingerprint density at radius 3 is 2.62 bits per heavy atom. The molecule has 0 bridgehead atoms. The molecule has 3 heterocycles. The number of rotatable bonds is 4. The van der Waals surface area contributed by atoms with E-state index in [1.54, 1.807) is 36.4 Å². The van der Waals surface area contributed by atoms with Crippen molar-refractivity contribution < 1.29 is 14.3 Å². The van der Waals surface area contributed by atoms with Gasteiger partial charge in [-0.1, -0.05) is 18.2 Å². The molecule has 0 unspecified atom stereocenters. The average Bonchev–Trinajstić information content (AvgIpc) is 2.75. The van der Waals surface area contributed by atoms with Crippen LogP contribution in [0.4, 0.5) is 0 Å². The number of fused-ring (bicyclic) bond motifs is 1. The Labute approximate surface area is 167 Å². The standard InChI is InChI=1S/C21H20N4O4/c1-29-16-7-5-15(6-8-16)13-23-10-11-24(14-19(23)26)20(27)17-12-22-18-4-2-3-9-25(18)21(17)28/h2-9,12H,10-11,13-14H2,1H3. The van der Waals surface area contributed by atoms with Crippen molar-refractivity contribution in [2.45, 2.75) is 6.54 Å². The van der Waals surface area contributed by atoms with E-state index in [0.717, 1.165) is 11.3 Å². The van der Waals surface area contributed by atoms with Crippen LogP contribution in [-0.2, 0) is 11.3 Å². The Bertz CT molecular complexity index is 1120. The molecule has 2 amide bonds. The zero-order valence-electron chi connectivity index (χ0n) is 15.9. The molecular formula is C21H20N4O4. The number of carbonyl (C=O) groups is 2. The lowest BCUT2D eigenvalue weighted by atomic mass is 10.1. The van der Waals surface area contributed by atoms with E-state index in [2.05, 4.69) is 4.98 Å². The molecule has 148 valence electrons. The summed E-state index contributed by atoms with van der Waals surface area (Å²) in [7, 11) is 1.60. The van der Waals surface area contributed by atoms with Crippen LogP contribution < -0.4 is 10.3 Å². The van der Waals surface area contributed by atoms with Gasteiger partial charge in [0.15, 0.2) is 0 Å². The lowest BCUT2D eigenvalue weighted by Gasteiger charge is -2.34. The summed E-state index contributed by atoms with van der Waals surface area (Å²) in [6, 6.07) is 12.7. The van der Waals surface area contributed by atoms with Crippen LogP contribution in [0.5, 0.6) is 5.75 Å². The second-order valence-electron chi connectivity index (χ2n) is 6.80. The first-order chi connectivity index (χ1) is 14.1. The molecule has 0 N–H and O–H groups in total. The number of benzene rings is 1. The first kappa shape index (κ1) is 18.7. The number of amides is 2. The van der Waals surface area contributed by atoms with Gasteiger partial charge < -0.3 is 14.5 Å². The van der Waals surface area contributed by atoms with Gasteiger partial charge in [0.05, 0.1) is 7.11 Å². The van der Waals surface area contributed by atoms with Gasteiger partial charge in [0, 0.05) is 32.0 Å². The molecule has 0 atom stereocenters. The minimum atomic E-state index is -0.474. The number of aromatic nitrogens is 2. The number of carbonyl (C=O) groups excluding carboxylic acids is 2. The molecule has 0 radical (unpaired) electrons. The normalized spacial score (nSPS) is 14.3. The molecule has 2 aromatic heterocycles. The van der Waals surface area contributed by atoms with E-state index in [1.807, 2.05) is 24.3 Å². The molecular weight excluding hydrogens is 372 g/mol. The Morgan fingerprint density at radius 2 is 1.90 bits per heavy atom. The number of nitrogens with zero attached hydrogens (tertiary/aromatic N) is 4. The highest BCUT2D eigenvalue weighted by Crippen LogP contribution is 2.15. The highest BCUT2D eigenvalue weighted by Gasteiger charge is 2.29. The van der Waals surface area contributed by atoms with E-state index >= 15 is 0 Å². The lowest BCUT2D eigenvalue weighted by Crippen LogP contribution is -2.52. The average molecular weight is 392 g/mol. The Kier molecular flexibility index (Phi) is 4.99. The maximum atomic E-state index is 12.8. The molecule has 1 fully saturated rings. The maximum absolute atomic E-state index is 12.8. The minimum absolute atomic E-state index is 0.0369. The SMILES string of the molecule is COc1ccc(CN2CCN(C(=O)c3cnc4ccccn4c3=O)CC2=O)cc1. The number of pyridine rings is 1. The van der Waals surface area contributed by atoms with Crippen LogP contribution in [0.1, 0.15) is 15.9 Å². The summed E-state index contributed by atoms with van der Waals surface area (Å²) in [5.74, 6) is 0.123. The minimum Gasteiger partial charge on any atom is -0.497 e. The van der Waals surface area contributed by atoms with Crippen LogP contribution in [0, 0.1) is 0 Å². The maximum Gasteiger partial charge on any atom is 0.270 e. The molecule has 8 nitrogen and oxygen atoms in total. The molecule has 1 aliphatic heterocycles. The fraction of sp³-hybridized carbons (Fsp3) is 0.238. The summed E-state index contributed by atoms with van der Waals surface area (Å²) in [4.78, 5) is 45.3. The second-order valence-corrected chi connectivity index (χ2v) is 6.80. The third kappa shape index (κ3) is 3.69. The van der Waals surface area contributed by atoms with Crippen molar-refractivity contribution in [3.05, 3.63) is 76.3 Å². The molecule has 3 aromatic rings.